The SMILES string of the molecule is CC(C)C1CCN(C(=O)Nc2ccc(Cl)c(C(=O)O)c2)C1. The number of aromatic carboxylic acids is 1. The lowest BCUT2D eigenvalue weighted by Gasteiger charge is -2.19. The highest BCUT2D eigenvalue weighted by molar-refractivity contribution is 6.33. The van der Waals surface area contributed by atoms with Crippen molar-refractivity contribution < 1.29 is 14.7 Å². The molecule has 0 aromatic heterocycles. The van der Waals surface area contributed by atoms with Crippen molar-refractivity contribution in [3.8, 4) is 0 Å². The Bertz CT molecular complexity index is 560. The number of amides is 2. The predicted octanol–water partition coefficient (Wildman–Crippen LogP) is 3.55. The molecule has 1 aliphatic rings. The molecule has 6 heteroatoms. The first-order valence-corrected chi connectivity index (χ1v) is 7.35. The van der Waals surface area contributed by atoms with Gasteiger partial charge in [0.05, 0.1) is 10.6 Å². The van der Waals surface area contributed by atoms with Gasteiger partial charge in [-0.1, -0.05) is 25.4 Å². The van der Waals surface area contributed by atoms with Crippen molar-refractivity contribution in [3.63, 3.8) is 0 Å². The Balaban J connectivity index is 2.04. The summed E-state index contributed by atoms with van der Waals surface area (Å²) in [5.74, 6) is -0.0374. The van der Waals surface area contributed by atoms with Crippen LogP contribution in [0.1, 0.15) is 30.6 Å². The summed E-state index contributed by atoms with van der Waals surface area (Å²) >= 11 is 5.80. The molecular formula is C15H19ClN2O3. The Labute approximate surface area is 128 Å². The van der Waals surface area contributed by atoms with E-state index >= 15 is 0 Å². The summed E-state index contributed by atoms with van der Waals surface area (Å²) in [5, 5.41) is 11.9. The van der Waals surface area contributed by atoms with Gasteiger partial charge in [0.1, 0.15) is 0 Å². The lowest BCUT2D eigenvalue weighted by atomic mass is 9.95. The number of hydrogen-bond acceptors (Lipinski definition) is 2. The van der Waals surface area contributed by atoms with Crippen LogP contribution in [-0.2, 0) is 0 Å². The number of anilines is 1. The second kappa shape index (κ2) is 6.35. The average molecular weight is 311 g/mol. The third-order valence-corrected chi connectivity index (χ3v) is 4.23. The minimum atomic E-state index is -1.11. The first kappa shape index (κ1) is 15.6. The molecule has 1 fully saturated rings. The fraction of sp³-hybridized carbons (Fsp3) is 0.467. The van der Waals surface area contributed by atoms with Gasteiger partial charge < -0.3 is 15.3 Å². The maximum absolute atomic E-state index is 12.2. The molecule has 1 unspecified atom stereocenters. The zero-order valence-electron chi connectivity index (χ0n) is 12.1. The highest BCUT2D eigenvalue weighted by atomic mass is 35.5. The van der Waals surface area contributed by atoms with E-state index in [1.54, 1.807) is 11.0 Å². The molecule has 0 bridgehead atoms. The first-order chi connectivity index (χ1) is 9.88. The summed E-state index contributed by atoms with van der Waals surface area (Å²) in [4.78, 5) is 25.0. The lowest BCUT2D eigenvalue weighted by molar-refractivity contribution is 0.0697. The minimum Gasteiger partial charge on any atom is -0.478 e. The number of carboxylic acids is 1. The summed E-state index contributed by atoms with van der Waals surface area (Å²) in [7, 11) is 0. The van der Waals surface area contributed by atoms with Crippen LogP contribution in [0.25, 0.3) is 0 Å². The number of carbonyl (C=O) groups is 2. The number of urea groups is 1. The molecule has 0 spiro atoms. The summed E-state index contributed by atoms with van der Waals surface area (Å²) < 4.78 is 0. The van der Waals surface area contributed by atoms with Crippen LogP contribution in [0.15, 0.2) is 18.2 Å². The Morgan fingerprint density at radius 1 is 1.43 bits per heavy atom. The van der Waals surface area contributed by atoms with Gasteiger partial charge in [0, 0.05) is 18.8 Å². The van der Waals surface area contributed by atoms with Crippen molar-refractivity contribution in [2.24, 2.45) is 11.8 Å². The number of benzene rings is 1. The maximum Gasteiger partial charge on any atom is 0.337 e. The van der Waals surface area contributed by atoms with Crippen molar-refractivity contribution in [2.75, 3.05) is 18.4 Å². The molecule has 1 atom stereocenters. The summed E-state index contributed by atoms with van der Waals surface area (Å²) in [6.07, 6.45) is 1.01. The fourth-order valence-corrected chi connectivity index (χ4v) is 2.68. The number of nitrogens with zero attached hydrogens (tertiary/aromatic N) is 1. The van der Waals surface area contributed by atoms with Crippen molar-refractivity contribution in [3.05, 3.63) is 28.8 Å². The lowest BCUT2D eigenvalue weighted by Crippen LogP contribution is -2.33. The molecule has 0 saturated carbocycles. The van der Waals surface area contributed by atoms with Gasteiger partial charge in [-0.15, -0.1) is 0 Å². The van der Waals surface area contributed by atoms with Gasteiger partial charge in [-0.3, -0.25) is 0 Å². The number of carbonyl (C=O) groups excluding carboxylic acids is 1. The molecule has 21 heavy (non-hydrogen) atoms. The smallest absolute Gasteiger partial charge is 0.337 e. The van der Waals surface area contributed by atoms with E-state index in [2.05, 4.69) is 19.2 Å². The molecule has 2 N–H and O–H groups in total. The average Bonchev–Trinajstić information content (AvgIpc) is 2.90. The van der Waals surface area contributed by atoms with E-state index in [0.29, 0.717) is 17.5 Å². The van der Waals surface area contributed by atoms with Gasteiger partial charge in [-0.25, -0.2) is 9.59 Å². The Morgan fingerprint density at radius 2 is 2.14 bits per heavy atom. The molecule has 1 aromatic rings. The standard InChI is InChI=1S/C15H19ClN2O3/c1-9(2)10-5-6-18(8-10)15(21)17-11-3-4-13(16)12(7-11)14(19)20/h3-4,7,9-10H,5-6,8H2,1-2H3,(H,17,21)(H,19,20). The second-order valence-corrected chi connectivity index (χ2v) is 6.08. The summed E-state index contributed by atoms with van der Waals surface area (Å²) in [6.45, 7) is 5.78. The van der Waals surface area contributed by atoms with E-state index in [4.69, 9.17) is 16.7 Å². The monoisotopic (exact) mass is 310 g/mol. The van der Waals surface area contributed by atoms with Crippen LogP contribution >= 0.6 is 11.6 Å². The quantitative estimate of drug-likeness (QED) is 0.897. The molecule has 1 aromatic carbocycles. The Morgan fingerprint density at radius 3 is 2.71 bits per heavy atom. The van der Waals surface area contributed by atoms with E-state index in [-0.39, 0.29) is 16.6 Å². The topological polar surface area (TPSA) is 69.6 Å². The zero-order valence-corrected chi connectivity index (χ0v) is 12.9. The van der Waals surface area contributed by atoms with Gasteiger partial charge in [-0.2, -0.15) is 0 Å². The molecule has 1 saturated heterocycles. The molecule has 0 aliphatic carbocycles. The van der Waals surface area contributed by atoms with Crippen LogP contribution in [0.5, 0.6) is 0 Å². The number of nitrogens with one attached hydrogen (secondary N) is 1. The van der Waals surface area contributed by atoms with Gasteiger partial charge in [-0.05, 0) is 36.5 Å². The predicted molar refractivity (Wildman–Crippen MR) is 81.9 cm³/mol. The van der Waals surface area contributed by atoms with E-state index < -0.39 is 5.97 Å². The molecule has 1 heterocycles. The molecule has 2 amide bonds. The van der Waals surface area contributed by atoms with Crippen LogP contribution in [0.3, 0.4) is 0 Å². The van der Waals surface area contributed by atoms with Crippen LogP contribution in [0.4, 0.5) is 10.5 Å². The van der Waals surface area contributed by atoms with Gasteiger partial charge >= 0.3 is 12.0 Å². The number of rotatable bonds is 3. The summed E-state index contributed by atoms with van der Waals surface area (Å²) in [6, 6.07) is 4.25. The van der Waals surface area contributed by atoms with Crippen LogP contribution in [0, 0.1) is 11.8 Å². The Hall–Kier alpha value is -1.75. The van der Waals surface area contributed by atoms with Crippen molar-refractivity contribution in [1.82, 2.24) is 4.90 Å². The zero-order chi connectivity index (χ0) is 15.6. The van der Waals surface area contributed by atoms with Gasteiger partial charge in [0.15, 0.2) is 0 Å². The second-order valence-electron chi connectivity index (χ2n) is 5.67. The third kappa shape index (κ3) is 3.67. The fourth-order valence-electron chi connectivity index (χ4n) is 2.49. The number of halogens is 1. The van der Waals surface area contributed by atoms with Crippen molar-refractivity contribution in [2.45, 2.75) is 20.3 Å². The molecule has 2 rings (SSSR count). The molecule has 114 valence electrons. The van der Waals surface area contributed by atoms with Crippen molar-refractivity contribution >= 4 is 29.3 Å². The highest BCUT2D eigenvalue weighted by Gasteiger charge is 2.28. The molecule has 1 aliphatic heterocycles. The van der Waals surface area contributed by atoms with E-state index in [1.165, 1.54) is 12.1 Å². The van der Waals surface area contributed by atoms with E-state index in [9.17, 15) is 9.59 Å². The molecule has 5 nitrogen and oxygen atoms in total. The van der Waals surface area contributed by atoms with Crippen LogP contribution in [-0.4, -0.2) is 35.1 Å². The molecular weight excluding hydrogens is 292 g/mol. The van der Waals surface area contributed by atoms with Crippen molar-refractivity contribution in [1.29, 1.82) is 0 Å². The largest absolute Gasteiger partial charge is 0.478 e. The number of carboxylic acid groups (broad SMARTS) is 1. The van der Waals surface area contributed by atoms with E-state index in [1.807, 2.05) is 0 Å². The summed E-state index contributed by atoms with van der Waals surface area (Å²) in [5.41, 5.74) is 0.422. The number of likely N-dealkylation sites (tertiary alicyclic amines) is 1. The maximum atomic E-state index is 12.2. The Kier molecular flexibility index (Phi) is 4.73. The normalized spacial score (nSPS) is 18.1. The number of hydrogen-bond donors (Lipinski definition) is 2. The minimum absolute atomic E-state index is 0.0176. The van der Waals surface area contributed by atoms with Gasteiger partial charge in [0.25, 0.3) is 0 Å². The van der Waals surface area contributed by atoms with E-state index in [0.717, 1.165) is 19.5 Å². The first-order valence-electron chi connectivity index (χ1n) is 6.97. The highest BCUT2D eigenvalue weighted by Crippen LogP contribution is 2.25. The van der Waals surface area contributed by atoms with Crippen LogP contribution in [0.2, 0.25) is 5.02 Å². The van der Waals surface area contributed by atoms with Gasteiger partial charge in [0.2, 0.25) is 0 Å². The van der Waals surface area contributed by atoms with Crippen LogP contribution < -0.4 is 5.32 Å². The molecule has 0 radical (unpaired) electrons. The third-order valence-electron chi connectivity index (χ3n) is 3.90.